The van der Waals surface area contributed by atoms with Crippen molar-refractivity contribution in [3.8, 4) is 0 Å². The molecule has 4 N–H and O–H groups in total. The van der Waals surface area contributed by atoms with Gasteiger partial charge < -0.3 is 10.7 Å². The maximum Gasteiger partial charge on any atom is 0.326 e. The molecule has 0 unspecified atom stereocenters. The summed E-state index contributed by atoms with van der Waals surface area (Å²) in [7, 11) is -3.72. The molecule has 3 rings (SSSR count). The second-order valence-electron chi connectivity index (χ2n) is 5.86. The molecule has 0 aliphatic carbocycles. The van der Waals surface area contributed by atoms with Gasteiger partial charge in [-0.3, -0.25) is 9.78 Å². The molecule has 2 atom stereocenters. The van der Waals surface area contributed by atoms with Crippen molar-refractivity contribution in [1.29, 1.82) is 0 Å². The molecule has 23 heavy (non-hydrogen) atoms. The fourth-order valence-electron chi connectivity index (χ4n) is 2.98. The highest BCUT2D eigenvalue weighted by Crippen LogP contribution is 2.25. The second kappa shape index (κ2) is 5.59. The van der Waals surface area contributed by atoms with Crippen molar-refractivity contribution in [2.45, 2.75) is 36.7 Å². The van der Waals surface area contributed by atoms with E-state index in [0.29, 0.717) is 24.9 Å². The fourth-order valence-corrected chi connectivity index (χ4v) is 4.67. The van der Waals surface area contributed by atoms with E-state index in [2.05, 4.69) is 9.97 Å². The van der Waals surface area contributed by atoms with E-state index in [1.165, 1.54) is 22.5 Å². The molecule has 0 amide bonds. The van der Waals surface area contributed by atoms with Crippen LogP contribution in [0.2, 0.25) is 0 Å². The summed E-state index contributed by atoms with van der Waals surface area (Å²) in [6.45, 7) is 2.17. The van der Waals surface area contributed by atoms with Gasteiger partial charge >= 0.3 is 5.69 Å². The summed E-state index contributed by atoms with van der Waals surface area (Å²) in [5.41, 5.74) is 4.93. The van der Waals surface area contributed by atoms with Crippen LogP contribution >= 0.6 is 0 Å². The highest BCUT2D eigenvalue weighted by molar-refractivity contribution is 7.89. The minimum absolute atomic E-state index is 0.000901. The number of hydrogen-bond donors (Lipinski definition) is 3. The number of benzene rings is 1. The van der Waals surface area contributed by atoms with Gasteiger partial charge in [0.2, 0.25) is 10.0 Å². The third kappa shape index (κ3) is 2.82. The predicted octanol–water partition coefficient (Wildman–Crippen LogP) is -0.283. The molecular weight excluding hydrogens is 320 g/mol. The van der Waals surface area contributed by atoms with Gasteiger partial charge in [0.05, 0.1) is 15.8 Å². The molecule has 0 spiro atoms. The van der Waals surface area contributed by atoms with Crippen molar-refractivity contribution < 1.29 is 8.42 Å². The standard InChI is InChI=1S/C14H18N4O4S/c1-8-6-9(15)4-5-18(8)23(21,22)10-2-3-12-11(7-10)13(19)17-14(20)16-12/h2-3,7-9H,4-6,15H2,1H3,(H2,16,17,19,20)/t8-,9+/m1/s1. The molecule has 2 aromatic rings. The van der Waals surface area contributed by atoms with Crippen molar-refractivity contribution in [3.05, 3.63) is 39.0 Å². The van der Waals surface area contributed by atoms with E-state index in [1.54, 1.807) is 0 Å². The zero-order chi connectivity index (χ0) is 16.8. The minimum atomic E-state index is -3.72. The first-order chi connectivity index (χ1) is 10.8. The Morgan fingerprint density at radius 1 is 1.26 bits per heavy atom. The molecule has 1 aromatic carbocycles. The first kappa shape index (κ1) is 15.9. The SMILES string of the molecule is C[C@@H]1C[C@@H](N)CCN1S(=O)(=O)c1ccc2[nH]c(=O)[nH]c(=O)c2c1. The van der Waals surface area contributed by atoms with Crippen LogP contribution in [0.1, 0.15) is 19.8 Å². The minimum Gasteiger partial charge on any atom is -0.328 e. The smallest absolute Gasteiger partial charge is 0.326 e. The van der Waals surface area contributed by atoms with Crippen LogP contribution in [0.3, 0.4) is 0 Å². The first-order valence-corrected chi connectivity index (χ1v) is 8.77. The molecule has 124 valence electrons. The Hall–Kier alpha value is -1.97. The third-order valence-electron chi connectivity index (χ3n) is 4.17. The number of piperidine rings is 1. The van der Waals surface area contributed by atoms with Gasteiger partial charge in [-0.2, -0.15) is 4.31 Å². The molecule has 0 saturated carbocycles. The number of nitrogens with two attached hydrogens (primary N) is 1. The molecule has 9 heteroatoms. The Bertz CT molecular complexity index is 963. The Kier molecular flexibility index (Phi) is 3.86. The van der Waals surface area contributed by atoms with Crippen LogP contribution in [0.25, 0.3) is 10.9 Å². The molecule has 1 fully saturated rings. The highest BCUT2D eigenvalue weighted by atomic mass is 32.2. The number of aromatic amines is 2. The van der Waals surface area contributed by atoms with Gasteiger partial charge in [0, 0.05) is 18.6 Å². The van der Waals surface area contributed by atoms with Gasteiger partial charge in [0.25, 0.3) is 5.56 Å². The van der Waals surface area contributed by atoms with Crippen LogP contribution in [-0.4, -0.2) is 41.3 Å². The average Bonchev–Trinajstić information content (AvgIpc) is 2.46. The molecule has 1 aliphatic rings. The van der Waals surface area contributed by atoms with Crippen LogP contribution in [0.15, 0.2) is 32.7 Å². The van der Waals surface area contributed by atoms with E-state index in [4.69, 9.17) is 5.73 Å². The first-order valence-electron chi connectivity index (χ1n) is 7.33. The molecule has 2 heterocycles. The predicted molar refractivity (Wildman–Crippen MR) is 85.8 cm³/mol. The molecular formula is C14H18N4O4S. The van der Waals surface area contributed by atoms with Crippen molar-refractivity contribution >= 4 is 20.9 Å². The van der Waals surface area contributed by atoms with Crippen LogP contribution in [-0.2, 0) is 10.0 Å². The normalized spacial score (nSPS) is 23.2. The lowest BCUT2D eigenvalue weighted by molar-refractivity contribution is 0.247. The monoisotopic (exact) mass is 338 g/mol. The summed E-state index contributed by atoms with van der Waals surface area (Å²) in [6, 6.07) is 3.92. The molecule has 0 radical (unpaired) electrons. The van der Waals surface area contributed by atoms with Gasteiger partial charge in [0.15, 0.2) is 0 Å². The van der Waals surface area contributed by atoms with E-state index < -0.39 is 21.3 Å². The van der Waals surface area contributed by atoms with Crippen molar-refractivity contribution in [1.82, 2.24) is 14.3 Å². The number of hydrogen-bond acceptors (Lipinski definition) is 5. The number of fused-ring (bicyclic) bond motifs is 1. The van der Waals surface area contributed by atoms with E-state index in [9.17, 15) is 18.0 Å². The number of rotatable bonds is 2. The topological polar surface area (TPSA) is 129 Å². The molecule has 1 aromatic heterocycles. The third-order valence-corrected chi connectivity index (χ3v) is 6.18. The van der Waals surface area contributed by atoms with Crippen LogP contribution in [0.5, 0.6) is 0 Å². The van der Waals surface area contributed by atoms with E-state index in [1.807, 2.05) is 6.92 Å². The second-order valence-corrected chi connectivity index (χ2v) is 7.76. The zero-order valence-corrected chi connectivity index (χ0v) is 13.4. The summed E-state index contributed by atoms with van der Waals surface area (Å²) >= 11 is 0. The summed E-state index contributed by atoms with van der Waals surface area (Å²) in [4.78, 5) is 27.7. The maximum atomic E-state index is 12.8. The Morgan fingerprint density at radius 3 is 2.70 bits per heavy atom. The number of aromatic nitrogens is 2. The lowest BCUT2D eigenvalue weighted by atomic mass is 10.0. The molecule has 1 saturated heterocycles. The van der Waals surface area contributed by atoms with Crippen LogP contribution < -0.4 is 17.0 Å². The summed E-state index contributed by atoms with van der Waals surface area (Å²) in [5.74, 6) is 0. The Morgan fingerprint density at radius 2 is 2.00 bits per heavy atom. The van der Waals surface area contributed by atoms with E-state index >= 15 is 0 Å². The summed E-state index contributed by atoms with van der Waals surface area (Å²) in [6.07, 6.45) is 1.20. The molecule has 1 aliphatic heterocycles. The average molecular weight is 338 g/mol. The van der Waals surface area contributed by atoms with Crippen LogP contribution in [0.4, 0.5) is 0 Å². The summed E-state index contributed by atoms with van der Waals surface area (Å²) in [5, 5.41) is 0.132. The lowest BCUT2D eigenvalue weighted by Crippen LogP contribution is -2.48. The van der Waals surface area contributed by atoms with E-state index in [-0.39, 0.29) is 22.4 Å². The number of nitrogens with zero attached hydrogens (tertiary/aromatic N) is 1. The quantitative estimate of drug-likeness (QED) is 0.693. The number of nitrogens with one attached hydrogen (secondary N) is 2. The highest BCUT2D eigenvalue weighted by Gasteiger charge is 2.33. The Balaban J connectivity index is 2.08. The van der Waals surface area contributed by atoms with Gasteiger partial charge in [-0.25, -0.2) is 13.2 Å². The van der Waals surface area contributed by atoms with Gasteiger partial charge in [-0.05, 0) is 38.0 Å². The van der Waals surface area contributed by atoms with Gasteiger partial charge in [-0.1, -0.05) is 0 Å². The van der Waals surface area contributed by atoms with Crippen molar-refractivity contribution in [2.75, 3.05) is 6.54 Å². The molecule has 8 nitrogen and oxygen atoms in total. The molecule has 0 bridgehead atoms. The van der Waals surface area contributed by atoms with Crippen LogP contribution in [0, 0.1) is 0 Å². The summed E-state index contributed by atoms with van der Waals surface area (Å²) < 4.78 is 27.1. The maximum absolute atomic E-state index is 12.8. The number of H-pyrrole nitrogens is 2. The Labute approximate surface area is 132 Å². The van der Waals surface area contributed by atoms with Crippen molar-refractivity contribution in [3.63, 3.8) is 0 Å². The van der Waals surface area contributed by atoms with Gasteiger partial charge in [0.1, 0.15) is 0 Å². The largest absolute Gasteiger partial charge is 0.328 e. The fraction of sp³-hybridized carbons (Fsp3) is 0.429. The lowest BCUT2D eigenvalue weighted by Gasteiger charge is -2.35. The van der Waals surface area contributed by atoms with E-state index in [0.717, 1.165) is 0 Å². The van der Waals surface area contributed by atoms with Crippen molar-refractivity contribution in [2.24, 2.45) is 5.73 Å². The number of sulfonamides is 1. The zero-order valence-electron chi connectivity index (χ0n) is 12.6. The van der Waals surface area contributed by atoms with Gasteiger partial charge in [-0.15, -0.1) is 0 Å².